The Morgan fingerprint density at radius 3 is 2.80 bits per heavy atom. The summed E-state index contributed by atoms with van der Waals surface area (Å²) in [6, 6.07) is 1.42. The molecule has 0 aliphatic carbocycles. The van der Waals surface area contributed by atoms with E-state index in [9.17, 15) is 4.79 Å². The summed E-state index contributed by atoms with van der Waals surface area (Å²) >= 11 is 10.7. The lowest BCUT2D eigenvalue weighted by Crippen LogP contribution is -2.34. The molecule has 1 atom stereocenters. The predicted molar refractivity (Wildman–Crippen MR) is 65.6 cm³/mol. The highest BCUT2D eigenvalue weighted by Gasteiger charge is 2.17. The Balaban J connectivity index is 2.66. The van der Waals surface area contributed by atoms with E-state index < -0.39 is 12.0 Å². The monoisotopic (exact) mass is 311 g/mol. The number of rotatable bonds is 4. The molecule has 6 heteroatoms. The van der Waals surface area contributed by atoms with Crippen molar-refractivity contribution in [1.82, 2.24) is 4.90 Å². The van der Waals surface area contributed by atoms with Gasteiger partial charge in [0.1, 0.15) is 10.4 Å². The van der Waals surface area contributed by atoms with E-state index in [0.717, 1.165) is 9.35 Å². The first-order valence-corrected chi connectivity index (χ1v) is 6.27. The molecule has 0 amide bonds. The van der Waals surface area contributed by atoms with Gasteiger partial charge in [-0.05, 0) is 36.0 Å². The largest absolute Gasteiger partial charge is 0.480 e. The molecule has 1 N–H and O–H groups in total. The Labute approximate surface area is 106 Å². The van der Waals surface area contributed by atoms with Gasteiger partial charge in [-0.3, -0.25) is 9.69 Å². The van der Waals surface area contributed by atoms with Crippen molar-refractivity contribution < 1.29 is 9.90 Å². The van der Waals surface area contributed by atoms with Gasteiger partial charge in [0.05, 0.1) is 0 Å². The maximum Gasteiger partial charge on any atom is 0.320 e. The van der Waals surface area contributed by atoms with Crippen LogP contribution < -0.4 is 0 Å². The molecule has 15 heavy (non-hydrogen) atoms. The number of aliphatic carboxylic acids is 1. The highest BCUT2D eigenvalue weighted by Crippen LogP contribution is 2.32. The molecular weight excluding hydrogens is 302 g/mol. The van der Waals surface area contributed by atoms with Crippen molar-refractivity contribution in [3.8, 4) is 0 Å². The molecule has 84 valence electrons. The van der Waals surface area contributed by atoms with Gasteiger partial charge in [0.25, 0.3) is 0 Å². The van der Waals surface area contributed by atoms with E-state index in [1.54, 1.807) is 18.9 Å². The molecule has 0 fully saturated rings. The third-order valence-corrected chi connectivity index (χ3v) is 4.58. The van der Waals surface area contributed by atoms with Crippen LogP contribution in [0.4, 0.5) is 0 Å². The van der Waals surface area contributed by atoms with Gasteiger partial charge < -0.3 is 5.11 Å². The highest BCUT2D eigenvalue weighted by molar-refractivity contribution is 9.10. The van der Waals surface area contributed by atoms with Gasteiger partial charge in [0.15, 0.2) is 0 Å². The number of hydrogen-bond donors (Lipinski definition) is 1. The van der Waals surface area contributed by atoms with Crippen molar-refractivity contribution >= 4 is 44.8 Å². The first-order valence-electron chi connectivity index (χ1n) is 4.28. The minimum atomic E-state index is -0.820. The Bertz CT molecular complexity index is 349. The smallest absolute Gasteiger partial charge is 0.320 e. The summed E-state index contributed by atoms with van der Waals surface area (Å²) < 4.78 is 1.56. The van der Waals surface area contributed by atoms with Crippen LogP contribution in [0.3, 0.4) is 0 Å². The predicted octanol–water partition coefficient (Wildman–Crippen LogP) is 3.07. The second-order valence-corrected chi connectivity index (χ2v) is 5.86. The summed E-state index contributed by atoms with van der Waals surface area (Å²) in [7, 11) is 1.78. The molecule has 3 nitrogen and oxygen atoms in total. The second kappa shape index (κ2) is 5.30. The number of carbonyl (C=O) groups is 1. The first-order chi connectivity index (χ1) is 6.91. The quantitative estimate of drug-likeness (QED) is 0.929. The van der Waals surface area contributed by atoms with E-state index in [0.29, 0.717) is 10.9 Å². The van der Waals surface area contributed by atoms with Gasteiger partial charge in [-0.2, -0.15) is 0 Å². The molecule has 0 saturated heterocycles. The summed E-state index contributed by atoms with van der Waals surface area (Å²) in [5, 5.41) is 8.82. The standard InChI is InChI=1S/C9H11BrClNO2S/c1-5(9(13)14)12(2)4-6-3-7(10)8(11)15-6/h3,5H,4H2,1-2H3,(H,13,14). The lowest BCUT2D eigenvalue weighted by molar-refractivity contribution is -0.142. The number of hydrogen-bond acceptors (Lipinski definition) is 3. The van der Waals surface area contributed by atoms with Gasteiger partial charge in [0, 0.05) is 15.9 Å². The zero-order valence-electron chi connectivity index (χ0n) is 8.33. The summed E-state index contributed by atoms with van der Waals surface area (Å²) in [6.07, 6.45) is 0. The van der Waals surface area contributed by atoms with E-state index >= 15 is 0 Å². The van der Waals surface area contributed by atoms with Gasteiger partial charge in [-0.15, -0.1) is 11.3 Å². The Morgan fingerprint density at radius 2 is 2.40 bits per heavy atom. The van der Waals surface area contributed by atoms with Crippen LogP contribution in [0.1, 0.15) is 11.8 Å². The lowest BCUT2D eigenvalue weighted by Gasteiger charge is -2.19. The molecule has 0 radical (unpaired) electrons. The minimum Gasteiger partial charge on any atom is -0.480 e. The highest BCUT2D eigenvalue weighted by atomic mass is 79.9. The topological polar surface area (TPSA) is 40.5 Å². The van der Waals surface area contributed by atoms with E-state index in [1.807, 2.05) is 6.07 Å². The minimum absolute atomic E-state index is 0.496. The van der Waals surface area contributed by atoms with Gasteiger partial charge in [-0.1, -0.05) is 11.6 Å². The molecule has 1 rings (SSSR count). The summed E-state index contributed by atoms with van der Waals surface area (Å²) in [5.41, 5.74) is 0. The number of likely N-dealkylation sites (N-methyl/N-ethyl adjacent to an activating group) is 1. The molecule has 0 aromatic carbocycles. The summed E-state index contributed by atoms with van der Waals surface area (Å²) in [5.74, 6) is -0.820. The Kier molecular flexibility index (Phi) is 4.58. The maximum absolute atomic E-state index is 10.7. The van der Waals surface area contributed by atoms with Crippen molar-refractivity contribution in [3.05, 3.63) is 19.8 Å². The molecule has 1 aromatic rings. The number of nitrogens with zero attached hydrogens (tertiary/aromatic N) is 1. The van der Waals surface area contributed by atoms with Crippen LogP contribution in [0.25, 0.3) is 0 Å². The van der Waals surface area contributed by atoms with Crippen molar-refractivity contribution in [2.45, 2.75) is 19.5 Å². The average Bonchev–Trinajstić information content (AvgIpc) is 2.44. The van der Waals surface area contributed by atoms with Gasteiger partial charge in [-0.25, -0.2) is 0 Å². The molecule has 1 aromatic heterocycles. The molecule has 0 spiro atoms. The van der Waals surface area contributed by atoms with Crippen LogP contribution in [0.2, 0.25) is 4.34 Å². The van der Waals surface area contributed by atoms with Crippen molar-refractivity contribution in [1.29, 1.82) is 0 Å². The van der Waals surface area contributed by atoms with Gasteiger partial charge >= 0.3 is 5.97 Å². The number of carboxylic acid groups (broad SMARTS) is 1. The zero-order valence-corrected chi connectivity index (χ0v) is 11.5. The van der Waals surface area contributed by atoms with E-state index in [1.165, 1.54) is 11.3 Å². The third-order valence-electron chi connectivity index (χ3n) is 2.12. The average molecular weight is 313 g/mol. The normalized spacial score (nSPS) is 13.1. The van der Waals surface area contributed by atoms with E-state index in [4.69, 9.17) is 16.7 Å². The van der Waals surface area contributed by atoms with Crippen molar-refractivity contribution in [2.75, 3.05) is 7.05 Å². The molecule has 1 heterocycles. The van der Waals surface area contributed by atoms with Crippen LogP contribution in [0.15, 0.2) is 10.5 Å². The molecule has 0 aliphatic heterocycles. The molecule has 1 unspecified atom stereocenters. The Hall–Kier alpha value is -0.100. The van der Waals surface area contributed by atoms with Crippen LogP contribution in [0.5, 0.6) is 0 Å². The van der Waals surface area contributed by atoms with Crippen molar-refractivity contribution in [3.63, 3.8) is 0 Å². The van der Waals surface area contributed by atoms with Crippen LogP contribution in [-0.4, -0.2) is 29.1 Å². The summed E-state index contributed by atoms with van der Waals surface area (Å²) in [6.45, 7) is 2.25. The second-order valence-electron chi connectivity index (χ2n) is 3.26. The van der Waals surface area contributed by atoms with Crippen molar-refractivity contribution in [2.24, 2.45) is 0 Å². The number of carboxylic acids is 1. The van der Waals surface area contributed by atoms with E-state index in [2.05, 4.69) is 15.9 Å². The SMILES string of the molecule is CC(C(=O)O)N(C)Cc1cc(Br)c(Cl)s1. The lowest BCUT2D eigenvalue weighted by atomic mass is 10.3. The van der Waals surface area contributed by atoms with Crippen LogP contribution in [0, 0.1) is 0 Å². The van der Waals surface area contributed by atoms with Gasteiger partial charge in [0.2, 0.25) is 0 Å². The number of halogens is 2. The fourth-order valence-electron chi connectivity index (χ4n) is 1.04. The molecule has 0 aliphatic rings. The maximum atomic E-state index is 10.7. The zero-order chi connectivity index (χ0) is 11.6. The molecular formula is C9H11BrClNO2S. The fraction of sp³-hybridized carbons (Fsp3) is 0.444. The fourth-order valence-corrected chi connectivity index (χ4v) is 2.89. The first kappa shape index (κ1) is 13.0. The third kappa shape index (κ3) is 3.45. The van der Waals surface area contributed by atoms with Crippen LogP contribution >= 0.6 is 38.9 Å². The van der Waals surface area contributed by atoms with E-state index in [-0.39, 0.29) is 0 Å². The molecule has 0 bridgehead atoms. The van der Waals surface area contributed by atoms with Crippen LogP contribution in [-0.2, 0) is 11.3 Å². The number of thiophene rings is 1. The Morgan fingerprint density at radius 1 is 1.80 bits per heavy atom. The summed E-state index contributed by atoms with van der Waals surface area (Å²) in [4.78, 5) is 13.5. The molecule has 0 saturated carbocycles.